The van der Waals surface area contributed by atoms with Crippen LogP contribution in [0.3, 0.4) is 0 Å². The summed E-state index contributed by atoms with van der Waals surface area (Å²) in [6, 6.07) is 4.52. The molecule has 0 aliphatic carbocycles. The third-order valence-corrected chi connectivity index (χ3v) is 8.37. The van der Waals surface area contributed by atoms with E-state index in [0.717, 1.165) is 24.4 Å². The average Bonchev–Trinajstić information content (AvgIpc) is 2.91. The van der Waals surface area contributed by atoms with Gasteiger partial charge in [-0.3, -0.25) is 9.79 Å². The number of rotatable bonds is 12. The van der Waals surface area contributed by atoms with Gasteiger partial charge in [-0.1, -0.05) is 0 Å². The van der Waals surface area contributed by atoms with Gasteiger partial charge in [-0.2, -0.15) is 14.3 Å². The zero-order valence-corrected chi connectivity index (χ0v) is 23.4. The number of anilines is 1. The SMILES string of the molecule is CC1(C)SC(CCCCN)(NO)[C@@](C)(c2nc(NC(=O)c3ccc(OCC(F)(F)C(F)F)cn3)ccc2F)N=C1N. The highest BCUT2D eigenvalue weighted by Crippen LogP contribution is 2.54. The lowest BCUT2D eigenvalue weighted by molar-refractivity contribution is -0.148. The van der Waals surface area contributed by atoms with Crippen molar-refractivity contribution in [1.29, 1.82) is 0 Å². The normalized spacial score (nSPS) is 22.4. The van der Waals surface area contributed by atoms with Crippen molar-refractivity contribution in [2.24, 2.45) is 16.5 Å². The molecule has 0 bridgehead atoms. The molecule has 1 amide bonds. The molecule has 10 nitrogen and oxygen atoms in total. The molecule has 2 atom stereocenters. The maximum absolute atomic E-state index is 15.3. The van der Waals surface area contributed by atoms with E-state index in [1.807, 2.05) is 13.8 Å². The fraction of sp³-hybridized carbons (Fsp3) is 0.520. The Morgan fingerprint density at radius 3 is 2.49 bits per heavy atom. The van der Waals surface area contributed by atoms with Gasteiger partial charge in [0.15, 0.2) is 6.61 Å². The number of hydrogen-bond donors (Lipinski definition) is 5. The Balaban J connectivity index is 1.89. The minimum atomic E-state index is -4.35. The molecule has 16 heteroatoms. The Hall–Kier alpha value is -3.08. The molecule has 0 saturated heterocycles. The van der Waals surface area contributed by atoms with E-state index in [0.29, 0.717) is 25.8 Å². The van der Waals surface area contributed by atoms with E-state index < -0.39 is 45.8 Å². The van der Waals surface area contributed by atoms with Crippen LogP contribution in [0.2, 0.25) is 0 Å². The molecule has 0 aromatic carbocycles. The molecule has 226 valence electrons. The fourth-order valence-corrected chi connectivity index (χ4v) is 5.83. The van der Waals surface area contributed by atoms with Crippen molar-refractivity contribution < 1.29 is 36.7 Å². The van der Waals surface area contributed by atoms with Crippen molar-refractivity contribution in [3.05, 3.63) is 47.7 Å². The molecule has 1 aliphatic rings. The quantitative estimate of drug-likeness (QED) is 0.137. The van der Waals surface area contributed by atoms with Crippen molar-refractivity contribution in [3.63, 3.8) is 0 Å². The van der Waals surface area contributed by atoms with Gasteiger partial charge >= 0.3 is 12.3 Å². The Morgan fingerprint density at radius 2 is 1.90 bits per heavy atom. The minimum absolute atomic E-state index is 0.0799. The third kappa shape index (κ3) is 6.88. The van der Waals surface area contributed by atoms with Crippen molar-refractivity contribution in [1.82, 2.24) is 15.4 Å². The van der Waals surface area contributed by atoms with Gasteiger partial charge in [0.1, 0.15) is 45.0 Å². The number of hydroxylamine groups is 1. The Bertz CT molecular complexity index is 1270. The zero-order chi connectivity index (χ0) is 30.6. The number of unbranched alkanes of at least 4 members (excludes halogenated alkanes) is 1. The number of pyridine rings is 2. The number of nitrogens with two attached hydrogens (primary N) is 2. The molecule has 1 aliphatic heterocycles. The first-order valence-electron chi connectivity index (χ1n) is 12.5. The predicted octanol–water partition coefficient (Wildman–Crippen LogP) is 4.05. The first kappa shape index (κ1) is 32.4. The number of carbonyl (C=O) groups is 1. The summed E-state index contributed by atoms with van der Waals surface area (Å²) in [5.74, 6) is -6.05. The lowest BCUT2D eigenvalue weighted by Crippen LogP contribution is -2.63. The van der Waals surface area contributed by atoms with Gasteiger partial charge in [0.25, 0.3) is 5.91 Å². The summed E-state index contributed by atoms with van der Waals surface area (Å²) < 4.78 is 70.0. The Kier molecular flexibility index (Phi) is 9.83. The lowest BCUT2D eigenvalue weighted by atomic mass is 9.83. The lowest BCUT2D eigenvalue weighted by Gasteiger charge is -2.51. The second kappa shape index (κ2) is 12.4. The maximum atomic E-state index is 15.3. The second-order valence-corrected chi connectivity index (χ2v) is 12.0. The Labute approximate surface area is 237 Å². The topological polar surface area (TPSA) is 161 Å². The van der Waals surface area contributed by atoms with Gasteiger partial charge in [0, 0.05) is 0 Å². The van der Waals surface area contributed by atoms with Crippen LogP contribution < -0.4 is 27.0 Å². The molecule has 3 rings (SSSR count). The number of nitrogens with zero attached hydrogens (tertiary/aromatic N) is 3. The fourth-order valence-electron chi connectivity index (χ4n) is 4.17. The average molecular weight is 606 g/mol. The molecule has 2 aromatic heterocycles. The number of carbonyl (C=O) groups excluding carboxylic acids is 1. The molecule has 7 N–H and O–H groups in total. The van der Waals surface area contributed by atoms with E-state index in [1.165, 1.54) is 17.8 Å². The molecule has 0 saturated carbocycles. The van der Waals surface area contributed by atoms with Gasteiger partial charge in [-0.15, -0.1) is 11.8 Å². The number of aromatic nitrogens is 2. The number of hydrogen-bond acceptors (Lipinski definition) is 10. The van der Waals surface area contributed by atoms with Gasteiger partial charge in [0.2, 0.25) is 0 Å². The van der Waals surface area contributed by atoms with Crippen LogP contribution in [0.1, 0.15) is 56.2 Å². The summed E-state index contributed by atoms with van der Waals surface area (Å²) in [7, 11) is 0. The van der Waals surface area contributed by atoms with Crippen LogP contribution in [0.25, 0.3) is 0 Å². The van der Waals surface area contributed by atoms with Crippen molar-refractivity contribution in [2.75, 3.05) is 18.5 Å². The molecular weight excluding hydrogens is 573 g/mol. The third-order valence-electron chi connectivity index (χ3n) is 6.61. The van der Waals surface area contributed by atoms with Crippen LogP contribution in [0, 0.1) is 5.82 Å². The zero-order valence-electron chi connectivity index (χ0n) is 22.6. The predicted molar refractivity (Wildman–Crippen MR) is 144 cm³/mol. The monoisotopic (exact) mass is 605 g/mol. The van der Waals surface area contributed by atoms with E-state index in [2.05, 4.69) is 30.5 Å². The van der Waals surface area contributed by atoms with E-state index >= 15 is 4.39 Å². The van der Waals surface area contributed by atoms with E-state index in [-0.39, 0.29) is 28.8 Å². The number of nitrogens with one attached hydrogen (secondary N) is 2. The molecule has 41 heavy (non-hydrogen) atoms. The summed E-state index contributed by atoms with van der Waals surface area (Å²) in [6.07, 6.45) is -1.46. The number of alkyl halides is 4. The van der Waals surface area contributed by atoms with Crippen molar-refractivity contribution in [3.8, 4) is 5.75 Å². The van der Waals surface area contributed by atoms with Gasteiger partial charge in [0.05, 0.1) is 10.9 Å². The minimum Gasteiger partial charge on any atom is -0.485 e. The van der Waals surface area contributed by atoms with Gasteiger partial charge in [-0.25, -0.2) is 23.1 Å². The summed E-state index contributed by atoms with van der Waals surface area (Å²) in [5.41, 5.74) is 12.3. The Morgan fingerprint density at radius 1 is 1.20 bits per heavy atom. The van der Waals surface area contributed by atoms with Gasteiger partial charge in [-0.05, 0) is 70.8 Å². The molecule has 0 radical (unpaired) electrons. The maximum Gasteiger partial charge on any atom is 0.340 e. The number of halogens is 5. The first-order chi connectivity index (χ1) is 19.1. The van der Waals surface area contributed by atoms with Crippen LogP contribution in [0.5, 0.6) is 5.75 Å². The molecule has 3 heterocycles. The molecule has 1 unspecified atom stereocenters. The van der Waals surface area contributed by atoms with Crippen LogP contribution >= 0.6 is 11.8 Å². The van der Waals surface area contributed by atoms with E-state index in [4.69, 9.17) is 11.5 Å². The number of amidine groups is 1. The highest BCUT2D eigenvalue weighted by atomic mass is 32.2. The molecule has 2 aromatic rings. The van der Waals surface area contributed by atoms with E-state index in [1.54, 1.807) is 6.92 Å². The highest BCUT2D eigenvalue weighted by Gasteiger charge is 2.58. The number of amides is 1. The molecule has 0 spiro atoms. The summed E-state index contributed by atoms with van der Waals surface area (Å²) >= 11 is 1.27. The summed E-state index contributed by atoms with van der Waals surface area (Å²) in [5, 5.41) is 12.9. The smallest absolute Gasteiger partial charge is 0.340 e. The van der Waals surface area contributed by atoms with Crippen LogP contribution in [0.4, 0.5) is 27.8 Å². The highest BCUT2D eigenvalue weighted by molar-refractivity contribution is 8.02. The largest absolute Gasteiger partial charge is 0.485 e. The van der Waals surface area contributed by atoms with E-state index in [9.17, 15) is 27.6 Å². The second-order valence-electron chi connectivity index (χ2n) is 10.1. The number of ether oxygens (including phenoxy) is 1. The summed E-state index contributed by atoms with van der Waals surface area (Å²) in [4.78, 5) is 24.2. The standard InChI is InChI=1S/C25H32F5N7O3S/c1-22(2)21(32)36-23(3,25(37-39,41-22)10-4-5-11-31)18-15(26)7-9-17(34-18)35-19(38)16-8-6-14(12-33-16)40-13-24(29,30)20(27)28/h6-9,12,20,37,39H,4-5,10-11,13,31H2,1-3H3,(H2,32,36)(H,34,35,38)/t23-,25?/m1/s1. The number of thioether (sulfide) groups is 1. The molecule has 0 fully saturated rings. The molecular formula is C25H32F5N7O3S. The van der Waals surface area contributed by atoms with Crippen LogP contribution in [-0.4, -0.2) is 62.0 Å². The van der Waals surface area contributed by atoms with Crippen molar-refractivity contribution >= 4 is 29.3 Å². The van der Waals surface area contributed by atoms with Crippen molar-refractivity contribution in [2.45, 2.75) is 67.5 Å². The van der Waals surface area contributed by atoms with Crippen LogP contribution in [-0.2, 0) is 5.54 Å². The van der Waals surface area contributed by atoms with Gasteiger partial charge < -0.3 is 26.7 Å². The summed E-state index contributed by atoms with van der Waals surface area (Å²) in [6.45, 7) is 4.05. The van der Waals surface area contributed by atoms with Crippen LogP contribution in [0.15, 0.2) is 35.5 Å². The number of aliphatic imine (C=N–C) groups is 1. The first-order valence-corrected chi connectivity index (χ1v) is 13.3.